The van der Waals surface area contributed by atoms with E-state index in [-0.39, 0.29) is 12.5 Å². The van der Waals surface area contributed by atoms with Crippen molar-refractivity contribution in [2.24, 2.45) is 0 Å². The molecule has 0 radical (unpaired) electrons. The van der Waals surface area contributed by atoms with Gasteiger partial charge in [-0.1, -0.05) is 30.7 Å². The van der Waals surface area contributed by atoms with Gasteiger partial charge >= 0.3 is 5.97 Å². The first-order chi connectivity index (χ1) is 11.5. The number of amides is 1. The number of halogens is 1. The first-order valence-corrected chi connectivity index (χ1v) is 7.80. The third-order valence-corrected chi connectivity index (χ3v) is 3.69. The van der Waals surface area contributed by atoms with E-state index in [0.717, 1.165) is 6.42 Å². The number of benzene rings is 2. The lowest BCUT2D eigenvalue weighted by molar-refractivity contribution is -0.118. The molecule has 126 valence electrons. The van der Waals surface area contributed by atoms with Gasteiger partial charge in [0.2, 0.25) is 0 Å². The summed E-state index contributed by atoms with van der Waals surface area (Å²) in [4.78, 5) is 23.5. The second-order valence-electron chi connectivity index (χ2n) is 5.02. The fourth-order valence-electron chi connectivity index (χ4n) is 2.02. The van der Waals surface area contributed by atoms with Crippen LogP contribution in [0.25, 0.3) is 0 Å². The Morgan fingerprint density at radius 1 is 1.12 bits per heavy atom. The highest BCUT2D eigenvalue weighted by Crippen LogP contribution is 2.23. The predicted octanol–water partition coefficient (Wildman–Crippen LogP) is 3.71. The number of aryl methyl sites for hydroxylation is 1. The smallest absolute Gasteiger partial charge is 0.337 e. The standard InChI is InChI=1S/C18H18ClNO4/c1-3-12-4-7-14(8-5-12)24-11-17(21)20-16-10-13(18(22)23-2)6-9-15(16)19/h4-10H,3,11H2,1-2H3,(H,20,21). The predicted molar refractivity (Wildman–Crippen MR) is 92.7 cm³/mol. The Morgan fingerprint density at radius 2 is 1.83 bits per heavy atom. The third-order valence-electron chi connectivity index (χ3n) is 3.36. The van der Waals surface area contributed by atoms with Gasteiger partial charge in [-0.25, -0.2) is 4.79 Å². The van der Waals surface area contributed by atoms with Crippen molar-refractivity contribution in [2.45, 2.75) is 13.3 Å². The molecule has 0 bridgehead atoms. The number of nitrogens with one attached hydrogen (secondary N) is 1. The van der Waals surface area contributed by atoms with Crippen molar-refractivity contribution in [1.29, 1.82) is 0 Å². The van der Waals surface area contributed by atoms with Crippen LogP contribution in [0.15, 0.2) is 42.5 Å². The topological polar surface area (TPSA) is 64.6 Å². The average molecular weight is 348 g/mol. The van der Waals surface area contributed by atoms with E-state index in [0.29, 0.717) is 22.0 Å². The minimum atomic E-state index is -0.505. The van der Waals surface area contributed by atoms with Gasteiger partial charge in [-0.05, 0) is 42.3 Å². The molecule has 2 rings (SSSR count). The highest BCUT2D eigenvalue weighted by Gasteiger charge is 2.11. The highest BCUT2D eigenvalue weighted by molar-refractivity contribution is 6.33. The quantitative estimate of drug-likeness (QED) is 0.809. The lowest BCUT2D eigenvalue weighted by atomic mass is 10.2. The summed E-state index contributed by atoms with van der Waals surface area (Å²) in [5.74, 6) is -0.273. The van der Waals surface area contributed by atoms with Gasteiger partial charge < -0.3 is 14.8 Å². The van der Waals surface area contributed by atoms with Gasteiger partial charge in [-0.2, -0.15) is 0 Å². The molecule has 1 N–H and O–H groups in total. The highest BCUT2D eigenvalue weighted by atomic mass is 35.5. The molecule has 1 amide bonds. The molecule has 0 aliphatic rings. The first kappa shape index (κ1) is 17.8. The monoisotopic (exact) mass is 347 g/mol. The van der Waals surface area contributed by atoms with E-state index in [9.17, 15) is 9.59 Å². The Labute approximate surface area is 145 Å². The number of hydrogen-bond donors (Lipinski definition) is 1. The van der Waals surface area contributed by atoms with Crippen molar-refractivity contribution in [2.75, 3.05) is 19.0 Å². The molecule has 0 unspecified atom stereocenters. The summed E-state index contributed by atoms with van der Waals surface area (Å²) in [5, 5.41) is 2.94. The van der Waals surface area contributed by atoms with Crippen LogP contribution < -0.4 is 10.1 Å². The maximum absolute atomic E-state index is 12.0. The summed E-state index contributed by atoms with van der Waals surface area (Å²) < 4.78 is 10.1. The summed E-state index contributed by atoms with van der Waals surface area (Å²) in [6, 6.07) is 12.0. The van der Waals surface area contributed by atoms with Gasteiger partial charge in [0.1, 0.15) is 5.75 Å². The van der Waals surface area contributed by atoms with Crippen LogP contribution in [0.5, 0.6) is 5.75 Å². The average Bonchev–Trinajstić information content (AvgIpc) is 2.61. The summed E-state index contributed by atoms with van der Waals surface area (Å²) in [6.45, 7) is 1.90. The van der Waals surface area contributed by atoms with E-state index >= 15 is 0 Å². The molecule has 0 spiro atoms. The molecule has 0 atom stereocenters. The number of rotatable bonds is 6. The molecule has 0 saturated carbocycles. The Morgan fingerprint density at radius 3 is 2.46 bits per heavy atom. The van der Waals surface area contributed by atoms with E-state index in [1.165, 1.54) is 30.9 Å². The van der Waals surface area contributed by atoms with Crippen LogP contribution in [-0.2, 0) is 16.0 Å². The lowest BCUT2D eigenvalue weighted by Gasteiger charge is -2.10. The van der Waals surface area contributed by atoms with Gasteiger partial charge in [-0.3, -0.25) is 4.79 Å². The molecule has 0 heterocycles. The summed E-state index contributed by atoms with van der Waals surface area (Å²) in [7, 11) is 1.28. The van der Waals surface area contributed by atoms with Crippen molar-refractivity contribution < 1.29 is 19.1 Å². The molecule has 0 aromatic heterocycles. The minimum Gasteiger partial charge on any atom is -0.484 e. The van der Waals surface area contributed by atoms with E-state index < -0.39 is 5.97 Å². The lowest BCUT2D eigenvalue weighted by Crippen LogP contribution is -2.20. The van der Waals surface area contributed by atoms with Crippen LogP contribution in [0, 0.1) is 0 Å². The van der Waals surface area contributed by atoms with Gasteiger partial charge in [0.25, 0.3) is 5.91 Å². The third kappa shape index (κ3) is 4.73. The van der Waals surface area contributed by atoms with E-state index in [1.807, 2.05) is 24.3 Å². The molecule has 2 aromatic rings. The summed E-state index contributed by atoms with van der Waals surface area (Å²) >= 11 is 6.03. The molecule has 5 nitrogen and oxygen atoms in total. The number of carbonyl (C=O) groups excluding carboxylic acids is 2. The fourth-order valence-corrected chi connectivity index (χ4v) is 2.19. The number of hydrogen-bond acceptors (Lipinski definition) is 4. The fraction of sp³-hybridized carbons (Fsp3) is 0.222. The maximum Gasteiger partial charge on any atom is 0.337 e. The number of anilines is 1. The molecule has 0 fully saturated rings. The molecular weight excluding hydrogens is 330 g/mol. The van der Waals surface area contributed by atoms with Crippen LogP contribution in [0.4, 0.5) is 5.69 Å². The van der Waals surface area contributed by atoms with Gasteiger partial charge in [0, 0.05) is 0 Å². The zero-order valence-electron chi connectivity index (χ0n) is 13.5. The van der Waals surface area contributed by atoms with Crippen molar-refractivity contribution in [3.05, 3.63) is 58.6 Å². The molecule has 0 aliphatic carbocycles. The van der Waals surface area contributed by atoms with E-state index in [2.05, 4.69) is 17.0 Å². The molecular formula is C18H18ClNO4. The minimum absolute atomic E-state index is 0.162. The second-order valence-corrected chi connectivity index (χ2v) is 5.43. The van der Waals surface area contributed by atoms with Crippen LogP contribution >= 0.6 is 11.6 Å². The Kier molecular flexibility index (Phi) is 6.21. The van der Waals surface area contributed by atoms with Crippen molar-refractivity contribution in [3.63, 3.8) is 0 Å². The van der Waals surface area contributed by atoms with Gasteiger partial charge in [0.05, 0.1) is 23.4 Å². The first-order valence-electron chi connectivity index (χ1n) is 7.43. The molecule has 2 aromatic carbocycles. The number of carbonyl (C=O) groups is 2. The summed E-state index contributed by atoms with van der Waals surface area (Å²) in [6.07, 6.45) is 0.940. The second kappa shape index (κ2) is 8.36. The zero-order chi connectivity index (χ0) is 17.5. The molecule has 24 heavy (non-hydrogen) atoms. The van der Waals surface area contributed by atoms with Gasteiger partial charge in [0.15, 0.2) is 6.61 Å². The number of ether oxygens (including phenoxy) is 2. The van der Waals surface area contributed by atoms with Crippen molar-refractivity contribution in [1.82, 2.24) is 0 Å². The normalized spacial score (nSPS) is 10.1. The van der Waals surface area contributed by atoms with Crippen molar-refractivity contribution >= 4 is 29.2 Å². The van der Waals surface area contributed by atoms with E-state index in [4.69, 9.17) is 16.3 Å². The Balaban J connectivity index is 1.97. The Hall–Kier alpha value is -2.53. The summed E-state index contributed by atoms with van der Waals surface area (Å²) in [5.41, 5.74) is 1.82. The van der Waals surface area contributed by atoms with Crippen LogP contribution in [0.1, 0.15) is 22.8 Å². The Bertz CT molecular complexity index is 728. The van der Waals surface area contributed by atoms with E-state index in [1.54, 1.807) is 0 Å². The van der Waals surface area contributed by atoms with Crippen LogP contribution in [0.2, 0.25) is 5.02 Å². The SMILES string of the molecule is CCc1ccc(OCC(=O)Nc2cc(C(=O)OC)ccc2Cl)cc1. The zero-order valence-corrected chi connectivity index (χ0v) is 14.2. The number of esters is 1. The molecule has 6 heteroatoms. The van der Waals surface area contributed by atoms with Gasteiger partial charge in [-0.15, -0.1) is 0 Å². The van der Waals surface area contributed by atoms with Crippen LogP contribution in [-0.4, -0.2) is 25.6 Å². The largest absolute Gasteiger partial charge is 0.484 e. The molecule has 0 aliphatic heterocycles. The molecule has 0 saturated heterocycles. The van der Waals surface area contributed by atoms with Crippen molar-refractivity contribution in [3.8, 4) is 5.75 Å². The van der Waals surface area contributed by atoms with Crippen LogP contribution in [0.3, 0.4) is 0 Å². The maximum atomic E-state index is 12.0. The number of methoxy groups -OCH3 is 1.